The van der Waals surface area contributed by atoms with Crippen LogP contribution in [-0.2, 0) is 13.0 Å². The van der Waals surface area contributed by atoms with Crippen LogP contribution >= 0.6 is 12.4 Å². The van der Waals surface area contributed by atoms with E-state index in [1.54, 1.807) is 0 Å². The molecule has 2 aromatic carbocycles. The maximum absolute atomic E-state index is 6.13. The number of hydrogen-bond acceptors (Lipinski definition) is 3. The average molecular weight is 316 g/mol. The van der Waals surface area contributed by atoms with Gasteiger partial charge >= 0.3 is 0 Å². The van der Waals surface area contributed by atoms with Crippen molar-refractivity contribution in [1.29, 1.82) is 0 Å². The van der Waals surface area contributed by atoms with Gasteiger partial charge in [0.05, 0.1) is 6.04 Å². The number of nitrogens with two attached hydrogens (primary N) is 1. The number of fused-ring (bicyclic) bond motifs is 1. The zero-order valence-corrected chi connectivity index (χ0v) is 13.8. The Bertz CT molecular complexity index is 680. The quantitative estimate of drug-likeness (QED) is 0.945. The van der Waals surface area contributed by atoms with Gasteiger partial charge < -0.3 is 10.6 Å². The number of benzene rings is 2. The largest absolute Gasteiger partial charge is 0.383 e. The third-order valence-electron chi connectivity index (χ3n) is 3.84. The Kier molecular flexibility index (Phi) is 5.22. The van der Waals surface area contributed by atoms with Crippen molar-refractivity contribution in [3.63, 3.8) is 0 Å². The molecule has 0 saturated heterocycles. The van der Waals surface area contributed by atoms with Crippen LogP contribution in [0.2, 0.25) is 0 Å². The molecule has 0 aliphatic carbocycles. The summed E-state index contributed by atoms with van der Waals surface area (Å²) in [5.74, 6) is 0.653. The molecule has 3 rings (SSSR count). The molecule has 4 heteroatoms. The second-order valence-electron chi connectivity index (χ2n) is 5.87. The second-order valence-corrected chi connectivity index (χ2v) is 5.87. The van der Waals surface area contributed by atoms with Gasteiger partial charge in [-0.15, -0.1) is 12.4 Å². The van der Waals surface area contributed by atoms with Crippen LogP contribution in [0.5, 0.6) is 0 Å². The Morgan fingerprint density at radius 3 is 2.68 bits per heavy atom. The number of hydrogen-bond donors (Lipinski definition) is 1. The van der Waals surface area contributed by atoms with Gasteiger partial charge in [0.2, 0.25) is 0 Å². The molecular formula is C18H22ClN3. The smallest absolute Gasteiger partial charge is 0.126 e. The fourth-order valence-electron chi connectivity index (χ4n) is 2.90. The van der Waals surface area contributed by atoms with E-state index >= 15 is 0 Å². The number of rotatable bonds is 3. The summed E-state index contributed by atoms with van der Waals surface area (Å²) in [6.07, 6.45) is 0.919. The molecule has 1 aliphatic rings. The average Bonchev–Trinajstić information content (AvgIpc) is 2.47. The predicted octanol–water partition coefficient (Wildman–Crippen LogP) is 3.17. The van der Waals surface area contributed by atoms with Gasteiger partial charge in [-0.3, -0.25) is 4.99 Å². The molecule has 2 aromatic rings. The molecule has 0 spiro atoms. The molecular weight excluding hydrogens is 294 g/mol. The molecule has 2 N–H and O–H groups in total. The maximum atomic E-state index is 6.13. The standard InChI is InChI=1S/C18H21N3.ClH/c1-21(2)12-13-6-5-8-15(10-13)17-11-14-7-3-4-9-16(14)18(19)20-17;/h3-10,17H,11-12H2,1-2H3,(H2,19,20);1H. The van der Waals surface area contributed by atoms with Crippen molar-refractivity contribution in [3.8, 4) is 0 Å². The number of nitrogens with zero attached hydrogens (tertiary/aromatic N) is 2. The Morgan fingerprint density at radius 1 is 1.14 bits per heavy atom. The zero-order valence-electron chi connectivity index (χ0n) is 13.0. The van der Waals surface area contributed by atoms with Crippen molar-refractivity contribution >= 4 is 18.2 Å². The van der Waals surface area contributed by atoms with E-state index in [1.807, 2.05) is 12.1 Å². The van der Waals surface area contributed by atoms with Gasteiger partial charge in [0, 0.05) is 12.1 Å². The van der Waals surface area contributed by atoms with E-state index in [0.717, 1.165) is 18.5 Å². The summed E-state index contributed by atoms with van der Waals surface area (Å²) < 4.78 is 0. The summed E-state index contributed by atoms with van der Waals surface area (Å²) in [7, 11) is 4.17. The number of aliphatic imine (C=N–C) groups is 1. The molecule has 1 unspecified atom stereocenters. The molecule has 0 fully saturated rings. The van der Waals surface area contributed by atoms with E-state index in [9.17, 15) is 0 Å². The van der Waals surface area contributed by atoms with Crippen LogP contribution in [0.25, 0.3) is 0 Å². The highest BCUT2D eigenvalue weighted by Gasteiger charge is 2.20. The van der Waals surface area contributed by atoms with Crippen molar-refractivity contribution in [2.75, 3.05) is 14.1 Å². The first-order valence-electron chi connectivity index (χ1n) is 7.28. The fraction of sp³-hybridized carbons (Fsp3) is 0.278. The van der Waals surface area contributed by atoms with Crippen LogP contribution in [-0.4, -0.2) is 24.8 Å². The molecule has 1 atom stereocenters. The van der Waals surface area contributed by atoms with E-state index in [1.165, 1.54) is 16.7 Å². The highest BCUT2D eigenvalue weighted by molar-refractivity contribution is 5.99. The first kappa shape index (κ1) is 16.5. The van der Waals surface area contributed by atoms with E-state index in [4.69, 9.17) is 10.7 Å². The lowest BCUT2D eigenvalue weighted by Gasteiger charge is -2.22. The Morgan fingerprint density at radius 2 is 1.91 bits per heavy atom. The minimum absolute atomic E-state index is 0. The van der Waals surface area contributed by atoms with E-state index in [0.29, 0.717) is 5.84 Å². The zero-order chi connectivity index (χ0) is 14.8. The third-order valence-corrected chi connectivity index (χ3v) is 3.84. The van der Waals surface area contributed by atoms with Crippen molar-refractivity contribution in [2.45, 2.75) is 19.0 Å². The molecule has 3 nitrogen and oxygen atoms in total. The predicted molar refractivity (Wildman–Crippen MR) is 94.7 cm³/mol. The molecule has 1 aliphatic heterocycles. The molecule has 0 amide bonds. The molecule has 0 saturated carbocycles. The number of amidine groups is 1. The summed E-state index contributed by atoms with van der Waals surface area (Å²) in [4.78, 5) is 6.87. The molecule has 0 bridgehead atoms. The van der Waals surface area contributed by atoms with Crippen LogP contribution in [0.15, 0.2) is 53.5 Å². The molecule has 1 heterocycles. The lowest BCUT2D eigenvalue weighted by molar-refractivity contribution is 0.402. The summed E-state index contributed by atoms with van der Waals surface area (Å²) in [6.45, 7) is 0.941. The van der Waals surface area contributed by atoms with Gasteiger partial charge in [-0.1, -0.05) is 48.5 Å². The van der Waals surface area contributed by atoms with Crippen LogP contribution in [0.3, 0.4) is 0 Å². The van der Waals surface area contributed by atoms with E-state index in [2.05, 4.69) is 55.4 Å². The highest BCUT2D eigenvalue weighted by atomic mass is 35.5. The van der Waals surface area contributed by atoms with Crippen molar-refractivity contribution in [1.82, 2.24) is 4.90 Å². The van der Waals surface area contributed by atoms with Gasteiger partial charge in [-0.05, 0) is 37.2 Å². The van der Waals surface area contributed by atoms with Crippen LogP contribution in [0.1, 0.15) is 28.3 Å². The summed E-state index contributed by atoms with van der Waals surface area (Å²) in [5.41, 5.74) is 11.1. The van der Waals surface area contributed by atoms with Gasteiger partial charge in [-0.2, -0.15) is 0 Å². The molecule has 0 radical (unpaired) electrons. The third kappa shape index (κ3) is 3.49. The van der Waals surface area contributed by atoms with Crippen molar-refractivity contribution in [2.24, 2.45) is 10.7 Å². The van der Waals surface area contributed by atoms with Crippen molar-refractivity contribution < 1.29 is 0 Å². The molecule has 22 heavy (non-hydrogen) atoms. The van der Waals surface area contributed by atoms with Gasteiger partial charge in [0.25, 0.3) is 0 Å². The Labute approximate surface area is 138 Å². The Hall–Kier alpha value is -1.84. The SMILES string of the molecule is CN(C)Cc1cccc(C2Cc3ccccc3C(N)=N2)c1.Cl. The van der Waals surface area contributed by atoms with Crippen LogP contribution in [0.4, 0.5) is 0 Å². The van der Waals surface area contributed by atoms with E-state index < -0.39 is 0 Å². The molecule has 116 valence electrons. The summed E-state index contributed by atoms with van der Waals surface area (Å²) in [5, 5.41) is 0. The normalized spacial score (nSPS) is 16.7. The lowest BCUT2D eigenvalue weighted by Crippen LogP contribution is -2.23. The first-order valence-corrected chi connectivity index (χ1v) is 7.28. The van der Waals surface area contributed by atoms with Gasteiger partial charge in [0.15, 0.2) is 0 Å². The Balaban J connectivity index is 0.00000176. The molecule has 0 aromatic heterocycles. The lowest BCUT2D eigenvalue weighted by atomic mass is 9.92. The van der Waals surface area contributed by atoms with Crippen LogP contribution in [0, 0.1) is 0 Å². The van der Waals surface area contributed by atoms with Crippen molar-refractivity contribution in [3.05, 3.63) is 70.8 Å². The number of halogens is 1. The summed E-state index contributed by atoms with van der Waals surface area (Å²) >= 11 is 0. The maximum Gasteiger partial charge on any atom is 0.126 e. The van der Waals surface area contributed by atoms with E-state index in [-0.39, 0.29) is 18.4 Å². The summed E-state index contributed by atoms with van der Waals surface area (Å²) in [6, 6.07) is 17.1. The minimum atomic E-state index is 0. The monoisotopic (exact) mass is 315 g/mol. The minimum Gasteiger partial charge on any atom is -0.383 e. The van der Waals surface area contributed by atoms with Gasteiger partial charge in [-0.25, -0.2) is 0 Å². The van der Waals surface area contributed by atoms with Gasteiger partial charge in [0.1, 0.15) is 5.84 Å². The first-order chi connectivity index (χ1) is 10.1. The fourth-order valence-corrected chi connectivity index (χ4v) is 2.90. The topological polar surface area (TPSA) is 41.6 Å². The second kappa shape index (κ2) is 6.95. The van der Waals surface area contributed by atoms with Crippen LogP contribution < -0.4 is 5.73 Å². The highest BCUT2D eigenvalue weighted by Crippen LogP contribution is 2.29.